The van der Waals surface area contributed by atoms with E-state index in [4.69, 9.17) is 4.74 Å². The molecule has 1 atom stereocenters. The summed E-state index contributed by atoms with van der Waals surface area (Å²) in [4.78, 5) is 0. The van der Waals surface area contributed by atoms with E-state index in [2.05, 4.69) is 72.8 Å². The zero-order valence-electron chi connectivity index (χ0n) is 12.3. The van der Waals surface area contributed by atoms with Gasteiger partial charge in [-0.3, -0.25) is 0 Å². The average Bonchev–Trinajstić information content (AvgIpc) is 3.05. The molecule has 0 aromatic heterocycles. The van der Waals surface area contributed by atoms with Gasteiger partial charge >= 0.3 is 0 Å². The molecule has 108 valence electrons. The largest absolute Gasteiger partial charge is 0.492 e. The van der Waals surface area contributed by atoms with Crippen LogP contribution >= 0.6 is 8.58 Å². The summed E-state index contributed by atoms with van der Waals surface area (Å²) in [6, 6.07) is 25.8. The third-order valence-corrected chi connectivity index (χ3v) is 5.31. The van der Waals surface area contributed by atoms with Crippen LogP contribution in [0.25, 0.3) is 11.1 Å². The van der Waals surface area contributed by atoms with Crippen LogP contribution < -0.4 is 15.3 Å². The van der Waals surface area contributed by atoms with E-state index < -0.39 is 0 Å². The zero-order valence-corrected chi connectivity index (χ0v) is 13.3. The van der Waals surface area contributed by atoms with Gasteiger partial charge in [0, 0.05) is 12.0 Å². The van der Waals surface area contributed by atoms with Crippen LogP contribution in [0.5, 0.6) is 5.75 Å². The van der Waals surface area contributed by atoms with Crippen molar-refractivity contribution in [2.45, 2.75) is 6.42 Å². The van der Waals surface area contributed by atoms with Crippen LogP contribution in [0.1, 0.15) is 5.56 Å². The molecule has 0 bridgehead atoms. The van der Waals surface area contributed by atoms with Crippen molar-refractivity contribution in [2.24, 2.45) is 0 Å². The maximum absolute atomic E-state index is 5.89. The number of para-hydroxylation sites is 1. The minimum absolute atomic E-state index is 0.661. The highest BCUT2D eigenvalue weighted by Crippen LogP contribution is 2.37. The van der Waals surface area contributed by atoms with Crippen LogP contribution in [0, 0.1) is 0 Å². The second-order valence-electron chi connectivity index (χ2n) is 5.43. The van der Waals surface area contributed by atoms with Crippen molar-refractivity contribution >= 4 is 19.2 Å². The fourth-order valence-corrected chi connectivity index (χ4v) is 4.13. The van der Waals surface area contributed by atoms with Crippen LogP contribution in [0.3, 0.4) is 0 Å². The van der Waals surface area contributed by atoms with Crippen LogP contribution in [0.4, 0.5) is 0 Å². The van der Waals surface area contributed by atoms with Crippen LogP contribution in [-0.4, -0.2) is 6.61 Å². The predicted octanol–water partition coefficient (Wildman–Crippen LogP) is 3.92. The van der Waals surface area contributed by atoms with Gasteiger partial charge in [0.25, 0.3) is 0 Å². The Labute approximate surface area is 132 Å². The molecular weight excluding hydrogens is 287 g/mol. The maximum Gasteiger partial charge on any atom is 0.130 e. The van der Waals surface area contributed by atoms with Crippen molar-refractivity contribution in [1.82, 2.24) is 0 Å². The fourth-order valence-electron chi connectivity index (χ4n) is 2.93. The summed E-state index contributed by atoms with van der Waals surface area (Å²) in [5, 5.41) is 2.74. The van der Waals surface area contributed by atoms with Gasteiger partial charge in [-0.1, -0.05) is 81.4 Å². The van der Waals surface area contributed by atoms with Gasteiger partial charge in [-0.2, -0.15) is 0 Å². The van der Waals surface area contributed by atoms with Crippen LogP contribution in [0.15, 0.2) is 72.8 Å². The summed E-state index contributed by atoms with van der Waals surface area (Å²) in [7, 11) is 0.661. The van der Waals surface area contributed by atoms with E-state index in [1.54, 1.807) is 0 Å². The van der Waals surface area contributed by atoms with E-state index in [0.29, 0.717) is 8.58 Å². The number of hydrogen-bond donors (Lipinski definition) is 0. The van der Waals surface area contributed by atoms with E-state index >= 15 is 0 Å². The van der Waals surface area contributed by atoms with Crippen molar-refractivity contribution in [3.8, 4) is 16.9 Å². The molecule has 0 saturated heterocycles. The second-order valence-corrected chi connectivity index (χ2v) is 6.79. The Morgan fingerprint density at radius 2 is 1.50 bits per heavy atom. The molecule has 0 aliphatic carbocycles. The lowest BCUT2D eigenvalue weighted by Crippen LogP contribution is -2.06. The first kappa shape index (κ1) is 13.5. The Bertz CT molecular complexity index is 796. The summed E-state index contributed by atoms with van der Waals surface area (Å²) >= 11 is 0. The molecule has 0 saturated carbocycles. The third kappa shape index (κ3) is 2.53. The number of benzene rings is 3. The van der Waals surface area contributed by atoms with Gasteiger partial charge in [0.15, 0.2) is 0 Å². The quantitative estimate of drug-likeness (QED) is 0.667. The Hall–Kier alpha value is -2.11. The van der Waals surface area contributed by atoms with Gasteiger partial charge in [0.1, 0.15) is 5.75 Å². The van der Waals surface area contributed by atoms with Crippen molar-refractivity contribution in [2.75, 3.05) is 6.61 Å². The lowest BCUT2D eigenvalue weighted by Gasteiger charge is -2.13. The van der Waals surface area contributed by atoms with Gasteiger partial charge < -0.3 is 4.74 Å². The Morgan fingerprint density at radius 3 is 2.41 bits per heavy atom. The van der Waals surface area contributed by atoms with E-state index in [1.165, 1.54) is 27.3 Å². The molecule has 1 nitrogen and oxygen atoms in total. The van der Waals surface area contributed by atoms with Crippen LogP contribution in [0.2, 0.25) is 0 Å². The molecule has 2 heteroatoms. The van der Waals surface area contributed by atoms with Gasteiger partial charge in [-0.15, -0.1) is 0 Å². The number of ether oxygens (including phenoxy) is 1. The number of rotatable bonds is 3. The van der Waals surface area contributed by atoms with Crippen molar-refractivity contribution in [3.63, 3.8) is 0 Å². The highest BCUT2D eigenvalue weighted by molar-refractivity contribution is 7.55. The highest BCUT2D eigenvalue weighted by Gasteiger charge is 2.18. The second kappa shape index (κ2) is 5.94. The normalized spacial score (nSPS) is 13.3. The predicted molar refractivity (Wildman–Crippen MR) is 95.1 cm³/mol. The lowest BCUT2D eigenvalue weighted by molar-refractivity contribution is 0.358. The van der Waals surface area contributed by atoms with E-state index in [0.717, 1.165) is 18.8 Å². The zero-order chi connectivity index (χ0) is 14.8. The Morgan fingerprint density at radius 1 is 0.727 bits per heavy atom. The molecule has 1 unspecified atom stereocenters. The van der Waals surface area contributed by atoms with Gasteiger partial charge in [-0.05, 0) is 21.7 Å². The molecular formula is C20H17OP. The maximum atomic E-state index is 5.89. The minimum Gasteiger partial charge on any atom is -0.492 e. The van der Waals surface area contributed by atoms with Crippen molar-refractivity contribution < 1.29 is 4.74 Å². The lowest BCUT2D eigenvalue weighted by atomic mass is 10.0. The van der Waals surface area contributed by atoms with E-state index in [-0.39, 0.29) is 0 Å². The summed E-state index contributed by atoms with van der Waals surface area (Å²) in [5.41, 5.74) is 3.85. The van der Waals surface area contributed by atoms with Crippen molar-refractivity contribution in [3.05, 3.63) is 78.4 Å². The molecule has 0 radical (unpaired) electrons. The van der Waals surface area contributed by atoms with E-state index in [9.17, 15) is 0 Å². The minimum atomic E-state index is 0.661. The first-order valence-electron chi connectivity index (χ1n) is 7.58. The summed E-state index contributed by atoms with van der Waals surface area (Å²) in [5.74, 6) is 1.08. The summed E-state index contributed by atoms with van der Waals surface area (Å²) in [6.07, 6.45) is 1.02. The number of hydrogen-bond acceptors (Lipinski definition) is 1. The topological polar surface area (TPSA) is 9.23 Å². The number of fused-ring (bicyclic) bond motifs is 1. The monoisotopic (exact) mass is 304 g/mol. The molecule has 1 aliphatic rings. The fraction of sp³-hybridized carbons (Fsp3) is 0.100. The summed E-state index contributed by atoms with van der Waals surface area (Å²) in [6.45, 7) is 0.801. The molecule has 1 heterocycles. The summed E-state index contributed by atoms with van der Waals surface area (Å²) < 4.78 is 5.89. The molecule has 4 rings (SSSR count). The first-order valence-corrected chi connectivity index (χ1v) is 8.58. The smallest absolute Gasteiger partial charge is 0.130 e. The van der Waals surface area contributed by atoms with Gasteiger partial charge in [0.05, 0.1) is 6.61 Å². The SMILES string of the molecule is c1ccc(Pc2ccccc2-c2cccc3c2OCC3)cc1. The third-order valence-electron chi connectivity index (χ3n) is 3.98. The van der Waals surface area contributed by atoms with Crippen LogP contribution in [-0.2, 0) is 6.42 Å². The standard InChI is InChI=1S/C20H17OP/c1-2-8-16(9-3-1)22-19-12-5-4-10-17(19)18-11-6-7-15-13-14-21-20(15)18/h1-12,22H,13-14H2. The van der Waals surface area contributed by atoms with Gasteiger partial charge in [0.2, 0.25) is 0 Å². The highest BCUT2D eigenvalue weighted by atomic mass is 31.1. The van der Waals surface area contributed by atoms with Gasteiger partial charge in [-0.25, -0.2) is 0 Å². The molecule has 0 N–H and O–H groups in total. The first-order chi connectivity index (χ1) is 10.9. The van der Waals surface area contributed by atoms with Crippen molar-refractivity contribution in [1.29, 1.82) is 0 Å². The molecule has 0 spiro atoms. The average molecular weight is 304 g/mol. The molecule has 1 aliphatic heterocycles. The molecule has 22 heavy (non-hydrogen) atoms. The Kier molecular flexibility index (Phi) is 3.66. The molecule has 0 fully saturated rings. The van der Waals surface area contributed by atoms with E-state index in [1.807, 2.05) is 0 Å². The molecule has 0 amide bonds. The molecule has 3 aromatic rings. The molecule has 3 aromatic carbocycles. The Balaban J connectivity index is 1.79.